The first-order chi connectivity index (χ1) is 13.0. The normalized spacial score (nSPS) is 11.0. The summed E-state index contributed by atoms with van der Waals surface area (Å²) < 4.78 is 0. The van der Waals surface area contributed by atoms with E-state index in [9.17, 15) is 0 Å². The highest BCUT2D eigenvalue weighted by atomic mass is 32.1. The van der Waals surface area contributed by atoms with Crippen molar-refractivity contribution in [2.75, 3.05) is 10.6 Å². The van der Waals surface area contributed by atoms with Crippen LogP contribution in [0.15, 0.2) is 42.7 Å². The molecule has 0 aliphatic rings. The topological polar surface area (TPSA) is 62.7 Å². The molecule has 0 aliphatic heterocycles. The number of anilines is 4. The third kappa shape index (κ3) is 3.48. The first-order valence-electron chi connectivity index (χ1n) is 8.80. The number of aromatic nitrogens is 3. The Kier molecular flexibility index (Phi) is 4.49. The molecule has 4 aromatic rings. The van der Waals surface area contributed by atoms with Gasteiger partial charge in [0.05, 0.1) is 0 Å². The molecule has 0 bridgehead atoms. The summed E-state index contributed by atoms with van der Waals surface area (Å²) in [5.74, 6) is 0.717. The van der Waals surface area contributed by atoms with Crippen LogP contribution in [-0.2, 0) is 0 Å². The van der Waals surface area contributed by atoms with Gasteiger partial charge in [-0.05, 0) is 62.1 Å². The van der Waals surface area contributed by atoms with E-state index in [0.29, 0.717) is 5.82 Å². The molecule has 4 rings (SSSR count). The van der Waals surface area contributed by atoms with Crippen molar-refractivity contribution < 1.29 is 0 Å². The first-order valence-corrected chi connectivity index (χ1v) is 9.62. The summed E-state index contributed by atoms with van der Waals surface area (Å²) in [5, 5.41) is 7.64. The van der Waals surface area contributed by atoms with E-state index >= 15 is 0 Å². The smallest absolute Gasteiger partial charge is 0.189 e. The zero-order valence-corrected chi connectivity index (χ0v) is 16.6. The molecular weight excluding hydrogens is 354 g/mol. The summed E-state index contributed by atoms with van der Waals surface area (Å²) in [6, 6.07) is 12.5. The number of rotatable bonds is 4. The number of fused-ring (bicyclic) bond motifs is 1. The van der Waals surface area contributed by atoms with Crippen molar-refractivity contribution in [2.45, 2.75) is 27.7 Å². The Morgan fingerprint density at radius 1 is 0.815 bits per heavy atom. The zero-order valence-electron chi connectivity index (χ0n) is 15.8. The molecule has 0 saturated heterocycles. The van der Waals surface area contributed by atoms with Gasteiger partial charge in [0.1, 0.15) is 11.8 Å². The van der Waals surface area contributed by atoms with Gasteiger partial charge in [-0.3, -0.25) is 0 Å². The van der Waals surface area contributed by atoms with Crippen LogP contribution in [0.3, 0.4) is 0 Å². The van der Waals surface area contributed by atoms with Crippen molar-refractivity contribution in [1.29, 1.82) is 0 Å². The Morgan fingerprint density at radius 3 is 2.33 bits per heavy atom. The van der Waals surface area contributed by atoms with E-state index in [1.165, 1.54) is 33.6 Å². The number of benzene rings is 2. The predicted molar refractivity (Wildman–Crippen MR) is 114 cm³/mol. The molecule has 136 valence electrons. The first kappa shape index (κ1) is 17.4. The number of para-hydroxylation sites is 1. The third-order valence-corrected chi connectivity index (χ3v) is 5.56. The lowest BCUT2D eigenvalue weighted by molar-refractivity contribution is 1.21. The number of nitrogens with one attached hydrogen (secondary N) is 2. The van der Waals surface area contributed by atoms with Gasteiger partial charge in [0.25, 0.3) is 0 Å². The van der Waals surface area contributed by atoms with Gasteiger partial charge in [-0.2, -0.15) is 0 Å². The van der Waals surface area contributed by atoms with E-state index in [-0.39, 0.29) is 0 Å². The molecule has 6 heteroatoms. The number of thiazole rings is 1. The van der Waals surface area contributed by atoms with Crippen LogP contribution in [0.5, 0.6) is 0 Å². The van der Waals surface area contributed by atoms with Gasteiger partial charge in [-0.15, -0.1) is 0 Å². The van der Waals surface area contributed by atoms with Crippen LogP contribution >= 0.6 is 11.3 Å². The van der Waals surface area contributed by atoms with Crippen LogP contribution in [0, 0.1) is 27.7 Å². The number of hydrogen-bond acceptors (Lipinski definition) is 6. The molecule has 5 nitrogen and oxygen atoms in total. The minimum Gasteiger partial charge on any atom is -0.338 e. The van der Waals surface area contributed by atoms with E-state index in [1.807, 2.05) is 0 Å². The number of nitrogens with zero attached hydrogens (tertiary/aromatic N) is 3. The molecule has 0 unspecified atom stereocenters. The van der Waals surface area contributed by atoms with E-state index in [2.05, 4.69) is 84.7 Å². The van der Waals surface area contributed by atoms with Crippen molar-refractivity contribution in [3.63, 3.8) is 0 Å². The predicted octanol–water partition coefficient (Wildman–Crippen LogP) is 5.81. The van der Waals surface area contributed by atoms with Gasteiger partial charge in [0, 0.05) is 11.4 Å². The summed E-state index contributed by atoms with van der Waals surface area (Å²) in [6.07, 6.45) is 1.58. The quantitative estimate of drug-likeness (QED) is 0.471. The van der Waals surface area contributed by atoms with Crippen LogP contribution in [0.4, 0.5) is 22.3 Å². The van der Waals surface area contributed by atoms with Gasteiger partial charge in [0.15, 0.2) is 15.8 Å². The second kappa shape index (κ2) is 6.96. The molecule has 0 saturated carbocycles. The molecule has 0 radical (unpaired) electrons. The molecule has 0 atom stereocenters. The number of hydrogen-bond donors (Lipinski definition) is 2. The van der Waals surface area contributed by atoms with Crippen molar-refractivity contribution >= 4 is 44.0 Å². The standard InChI is InChI=1S/C21H21N5S/c1-12-8-9-16(10-15(12)4)24-19-18-20(23-11-22-19)27-21(26-18)25-17-13(2)6-5-7-14(17)3/h5-11H,1-4H3,(H,25,26)(H,22,23,24). The van der Waals surface area contributed by atoms with Gasteiger partial charge >= 0.3 is 0 Å². The minimum atomic E-state index is 0.717. The van der Waals surface area contributed by atoms with Gasteiger partial charge in [0.2, 0.25) is 0 Å². The summed E-state index contributed by atoms with van der Waals surface area (Å²) >= 11 is 1.53. The fraction of sp³-hybridized carbons (Fsp3) is 0.190. The van der Waals surface area contributed by atoms with Crippen LogP contribution in [0.2, 0.25) is 0 Å². The second-order valence-corrected chi connectivity index (χ2v) is 7.69. The van der Waals surface area contributed by atoms with Crippen molar-refractivity contribution in [3.05, 3.63) is 65.0 Å². The fourth-order valence-corrected chi connectivity index (χ4v) is 3.79. The second-order valence-electron chi connectivity index (χ2n) is 6.71. The summed E-state index contributed by atoms with van der Waals surface area (Å²) in [4.78, 5) is 14.4. The van der Waals surface area contributed by atoms with Crippen molar-refractivity contribution in [1.82, 2.24) is 15.0 Å². The molecule has 2 N–H and O–H groups in total. The van der Waals surface area contributed by atoms with E-state index < -0.39 is 0 Å². The molecule has 0 spiro atoms. The van der Waals surface area contributed by atoms with E-state index in [0.717, 1.165) is 26.9 Å². The maximum atomic E-state index is 4.75. The molecule has 2 aromatic heterocycles. The molecule has 27 heavy (non-hydrogen) atoms. The van der Waals surface area contributed by atoms with Crippen molar-refractivity contribution in [2.24, 2.45) is 0 Å². The van der Waals surface area contributed by atoms with Gasteiger partial charge in [-0.1, -0.05) is 35.6 Å². The third-order valence-electron chi connectivity index (χ3n) is 4.68. The Morgan fingerprint density at radius 2 is 1.59 bits per heavy atom. The van der Waals surface area contributed by atoms with Crippen LogP contribution in [0.1, 0.15) is 22.3 Å². The average molecular weight is 376 g/mol. The number of aryl methyl sites for hydroxylation is 4. The highest BCUT2D eigenvalue weighted by Crippen LogP contribution is 2.33. The Labute approximate surface area is 162 Å². The van der Waals surface area contributed by atoms with E-state index in [4.69, 9.17) is 4.98 Å². The molecule has 2 aromatic carbocycles. The Bertz CT molecular complexity index is 1110. The zero-order chi connectivity index (χ0) is 19.0. The van der Waals surface area contributed by atoms with Crippen LogP contribution in [-0.4, -0.2) is 15.0 Å². The van der Waals surface area contributed by atoms with Crippen LogP contribution < -0.4 is 10.6 Å². The lowest BCUT2D eigenvalue weighted by atomic mass is 10.1. The average Bonchev–Trinajstić information content (AvgIpc) is 3.05. The molecule has 0 fully saturated rings. The molecule has 0 aliphatic carbocycles. The molecule has 0 amide bonds. The van der Waals surface area contributed by atoms with Crippen molar-refractivity contribution in [3.8, 4) is 0 Å². The Balaban J connectivity index is 1.68. The lowest BCUT2D eigenvalue weighted by Gasteiger charge is -2.09. The van der Waals surface area contributed by atoms with Gasteiger partial charge in [-0.25, -0.2) is 15.0 Å². The highest BCUT2D eigenvalue weighted by Gasteiger charge is 2.13. The highest BCUT2D eigenvalue weighted by molar-refractivity contribution is 7.21. The minimum absolute atomic E-state index is 0.717. The summed E-state index contributed by atoms with van der Waals surface area (Å²) in [6.45, 7) is 8.39. The monoisotopic (exact) mass is 375 g/mol. The summed E-state index contributed by atoms with van der Waals surface area (Å²) in [5.41, 5.74) is 7.74. The molecule has 2 heterocycles. The van der Waals surface area contributed by atoms with E-state index in [1.54, 1.807) is 6.33 Å². The van der Waals surface area contributed by atoms with Crippen LogP contribution in [0.25, 0.3) is 10.3 Å². The maximum Gasteiger partial charge on any atom is 0.189 e. The molecular formula is C21H21N5S. The fourth-order valence-electron chi connectivity index (χ4n) is 2.97. The van der Waals surface area contributed by atoms with Gasteiger partial charge < -0.3 is 10.6 Å². The maximum absolute atomic E-state index is 4.75. The summed E-state index contributed by atoms with van der Waals surface area (Å²) in [7, 11) is 0. The SMILES string of the molecule is Cc1ccc(Nc2ncnc3sc(Nc4c(C)cccc4C)nc23)cc1C. The largest absolute Gasteiger partial charge is 0.338 e. The Hall–Kier alpha value is -2.99. The lowest BCUT2D eigenvalue weighted by Crippen LogP contribution is -1.97.